The summed E-state index contributed by atoms with van der Waals surface area (Å²) < 4.78 is 11.9. The molecule has 12 aromatic rings. The SMILES string of the molecule is c1ccc(-c2nc(-c3ccccc3)nc(-c3cc4c(oc5cccc(-n6c7ccccc7c7c8sc9ccccc9c8ccc76)c54)c4ccccc34)n2)cc1. The molecule has 0 aliphatic heterocycles. The standard InChI is InChI=1S/C49H28N4OS/c1-3-14-29(15-4-1)47-50-48(30-16-5-2-6-17-30)52-49(51-47)36-28-37-43-39(23-13-24-41(43)54-45(37)33-20-8-7-18-31(33)36)53-38-22-11-9-21-35(38)44-40(53)27-26-34-32-19-10-12-25-42(32)55-46(34)44/h1-28H. The van der Waals surface area contributed by atoms with Crippen LogP contribution in [0, 0.1) is 0 Å². The summed E-state index contributed by atoms with van der Waals surface area (Å²) in [5.41, 5.74) is 7.85. The van der Waals surface area contributed by atoms with Crippen LogP contribution in [0.25, 0.3) is 115 Å². The van der Waals surface area contributed by atoms with Crippen LogP contribution in [0.2, 0.25) is 0 Å². The van der Waals surface area contributed by atoms with Gasteiger partial charge in [0.1, 0.15) is 11.2 Å². The van der Waals surface area contributed by atoms with Crippen molar-refractivity contribution in [2.75, 3.05) is 0 Å². The number of aromatic nitrogens is 4. The molecule has 4 heterocycles. The molecule has 0 radical (unpaired) electrons. The predicted octanol–water partition coefficient (Wildman–Crippen LogP) is 13.4. The van der Waals surface area contributed by atoms with E-state index in [1.807, 2.05) is 72.0 Å². The van der Waals surface area contributed by atoms with Crippen LogP contribution in [0.3, 0.4) is 0 Å². The zero-order valence-corrected chi connectivity index (χ0v) is 30.1. The summed E-state index contributed by atoms with van der Waals surface area (Å²) in [7, 11) is 0. The van der Waals surface area contributed by atoms with E-state index in [1.54, 1.807) is 0 Å². The Morgan fingerprint density at radius 1 is 0.436 bits per heavy atom. The van der Waals surface area contributed by atoms with Crippen molar-refractivity contribution in [2.45, 2.75) is 0 Å². The number of furan rings is 1. The molecule has 0 atom stereocenters. The largest absolute Gasteiger partial charge is 0.455 e. The normalized spacial score (nSPS) is 12.0. The second kappa shape index (κ2) is 11.7. The topological polar surface area (TPSA) is 56.7 Å². The van der Waals surface area contributed by atoms with Gasteiger partial charge in [-0.2, -0.15) is 0 Å². The van der Waals surface area contributed by atoms with E-state index in [4.69, 9.17) is 19.4 Å². The van der Waals surface area contributed by atoms with Crippen molar-refractivity contribution >= 4 is 86.0 Å². The third-order valence-corrected chi connectivity index (χ3v) is 12.0. The lowest BCUT2D eigenvalue weighted by atomic mass is 9.99. The summed E-state index contributed by atoms with van der Waals surface area (Å²) in [5, 5.41) is 9.18. The van der Waals surface area contributed by atoms with Crippen LogP contribution in [-0.2, 0) is 0 Å². The maximum absolute atomic E-state index is 6.85. The van der Waals surface area contributed by atoms with Crippen molar-refractivity contribution in [3.63, 3.8) is 0 Å². The van der Waals surface area contributed by atoms with Crippen LogP contribution >= 0.6 is 11.3 Å². The van der Waals surface area contributed by atoms with Crippen LogP contribution in [-0.4, -0.2) is 19.5 Å². The first-order chi connectivity index (χ1) is 27.3. The fourth-order valence-electron chi connectivity index (χ4n) is 8.42. The van der Waals surface area contributed by atoms with Gasteiger partial charge in [0.05, 0.1) is 22.1 Å². The Kier molecular flexibility index (Phi) is 6.44. The van der Waals surface area contributed by atoms with Gasteiger partial charge in [-0.05, 0) is 41.8 Å². The van der Waals surface area contributed by atoms with Gasteiger partial charge in [-0.15, -0.1) is 11.3 Å². The summed E-state index contributed by atoms with van der Waals surface area (Å²) in [4.78, 5) is 15.3. The molecule has 6 heteroatoms. The zero-order chi connectivity index (χ0) is 36.0. The van der Waals surface area contributed by atoms with Gasteiger partial charge in [-0.25, -0.2) is 15.0 Å². The molecule has 0 aliphatic carbocycles. The molecule has 4 aromatic heterocycles. The molecule has 0 saturated carbocycles. The van der Waals surface area contributed by atoms with Crippen molar-refractivity contribution in [3.8, 4) is 39.9 Å². The van der Waals surface area contributed by atoms with Gasteiger partial charge in [0, 0.05) is 58.4 Å². The minimum absolute atomic E-state index is 0.613. The lowest BCUT2D eigenvalue weighted by molar-refractivity contribution is 0.672. The zero-order valence-electron chi connectivity index (χ0n) is 29.3. The van der Waals surface area contributed by atoms with Crippen LogP contribution in [0.4, 0.5) is 0 Å². The van der Waals surface area contributed by atoms with Gasteiger partial charge in [-0.3, -0.25) is 0 Å². The molecule has 0 amide bonds. The third-order valence-electron chi connectivity index (χ3n) is 10.8. The number of benzene rings is 8. The lowest BCUT2D eigenvalue weighted by Crippen LogP contribution is -2.00. The molecule has 0 spiro atoms. The number of nitrogens with zero attached hydrogens (tertiary/aromatic N) is 4. The van der Waals surface area contributed by atoms with Gasteiger partial charge in [0.15, 0.2) is 17.5 Å². The van der Waals surface area contributed by atoms with Crippen molar-refractivity contribution < 1.29 is 4.42 Å². The second-order valence-electron chi connectivity index (χ2n) is 13.9. The third kappa shape index (κ3) is 4.49. The maximum Gasteiger partial charge on any atom is 0.164 e. The monoisotopic (exact) mass is 720 g/mol. The molecule has 0 N–H and O–H groups in total. The van der Waals surface area contributed by atoms with Gasteiger partial charge in [0.2, 0.25) is 0 Å². The quantitative estimate of drug-likeness (QED) is 0.182. The number of thiophene rings is 1. The highest BCUT2D eigenvalue weighted by Crippen LogP contribution is 2.46. The van der Waals surface area contributed by atoms with Crippen LogP contribution in [0.1, 0.15) is 0 Å². The molecule has 0 fully saturated rings. The van der Waals surface area contributed by atoms with E-state index in [9.17, 15) is 0 Å². The number of rotatable bonds is 4. The van der Waals surface area contributed by atoms with E-state index in [1.165, 1.54) is 36.5 Å². The highest BCUT2D eigenvalue weighted by Gasteiger charge is 2.23. The average Bonchev–Trinajstić information content (AvgIpc) is 3.94. The Balaban J connectivity index is 1.18. The minimum Gasteiger partial charge on any atom is -0.455 e. The van der Waals surface area contributed by atoms with Crippen molar-refractivity contribution in [2.24, 2.45) is 0 Å². The fourth-order valence-corrected chi connectivity index (χ4v) is 9.68. The summed E-state index contributed by atoms with van der Waals surface area (Å²) in [6.07, 6.45) is 0. The Hall–Kier alpha value is -7.15. The van der Waals surface area contributed by atoms with Crippen molar-refractivity contribution in [1.29, 1.82) is 0 Å². The number of hydrogen-bond acceptors (Lipinski definition) is 5. The van der Waals surface area contributed by atoms with E-state index in [0.29, 0.717) is 17.5 Å². The maximum atomic E-state index is 6.85. The van der Waals surface area contributed by atoms with E-state index >= 15 is 0 Å². The Bertz CT molecular complexity index is 3430. The fraction of sp³-hybridized carbons (Fsp3) is 0. The molecule has 8 aromatic carbocycles. The second-order valence-corrected chi connectivity index (χ2v) is 15.0. The first kappa shape index (κ1) is 30.3. The Labute approximate surface area is 318 Å². The van der Waals surface area contributed by atoms with Gasteiger partial charge < -0.3 is 8.98 Å². The summed E-state index contributed by atoms with van der Waals surface area (Å²) >= 11 is 1.87. The Morgan fingerprint density at radius 3 is 1.84 bits per heavy atom. The molecule has 0 unspecified atom stereocenters. The van der Waals surface area contributed by atoms with E-state index in [-0.39, 0.29) is 0 Å². The number of fused-ring (bicyclic) bond motifs is 12. The molecule has 55 heavy (non-hydrogen) atoms. The van der Waals surface area contributed by atoms with Crippen molar-refractivity contribution in [1.82, 2.24) is 19.5 Å². The number of hydrogen-bond donors (Lipinski definition) is 0. The average molecular weight is 721 g/mol. The molecule has 0 aliphatic rings. The molecule has 12 rings (SSSR count). The predicted molar refractivity (Wildman–Crippen MR) is 228 cm³/mol. The van der Waals surface area contributed by atoms with Gasteiger partial charge >= 0.3 is 0 Å². The molecular weight excluding hydrogens is 693 g/mol. The molecule has 0 bridgehead atoms. The molecule has 0 saturated heterocycles. The summed E-state index contributed by atoms with van der Waals surface area (Å²) in [6, 6.07) is 59.4. The minimum atomic E-state index is 0.613. The van der Waals surface area contributed by atoms with Gasteiger partial charge in [-0.1, -0.05) is 133 Å². The van der Waals surface area contributed by atoms with Gasteiger partial charge in [0.25, 0.3) is 0 Å². The highest BCUT2D eigenvalue weighted by atomic mass is 32.1. The summed E-state index contributed by atoms with van der Waals surface area (Å²) in [6.45, 7) is 0. The summed E-state index contributed by atoms with van der Waals surface area (Å²) in [5.74, 6) is 1.87. The first-order valence-electron chi connectivity index (χ1n) is 18.4. The van der Waals surface area contributed by atoms with E-state index in [0.717, 1.165) is 60.6 Å². The molecular formula is C49H28N4OS. The lowest BCUT2D eigenvalue weighted by Gasteiger charge is -2.12. The molecule has 5 nitrogen and oxygen atoms in total. The van der Waals surface area contributed by atoms with E-state index in [2.05, 4.69) is 114 Å². The van der Waals surface area contributed by atoms with Crippen LogP contribution < -0.4 is 0 Å². The van der Waals surface area contributed by atoms with Crippen LogP contribution in [0.5, 0.6) is 0 Å². The molecule has 256 valence electrons. The highest BCUT2D eigenvalue weighted by molar-refractivity contribution is 7.26. The Morgan fingerprint density at radius 2 is 1.07 bits per heavy atom. The van der Waals surface area contributed by atoms with Crippen molar-refractivity contribution in [3.05, 3.63) is 170 Å². The van der Waals surface area contributed by atoms with Crippen LogP contribution in [0.15, 0.2) is 174 Å². The first-order valence-corrected chi connectivity index (χ1v) is 19.2. The number of para-hydroxylation sites is 1. The van der Waals surface area contributed by atoms with E-state index < -0.39 is 0 Å². The smallest absolute Gasteiger partial charge is 0.164 e.